The lowest BCUT2D eigenvalue weighted by Crippen LogP contribution is -2.39. The van der Waals surface area contributed by atoms with Crippen LogP contribution in [-0.2, 0) is 19.1 Å². The molecule has 0 aromatic carbocycles. The van der Waals surface area contributed by atoms with Crippen LogP contribution in [-0.4, -0.2) is 23.8 Å². The van der Waals surface area contributed by atoms with Crippen molar-refractivity contribution in [1.82, 2.24) is 0 Å². The van der Waals surface area contributed by atoms with Gasteiger partial charge >= 0.3 is 11.9 Å². The quantitative estimate of drug-likeness (QED) is 0.370. The van der Waals surface area contributed by atoms with E-state index in [9.17, 15) is 14.4 Å². The van der Waals surface area contributed by atoms with Crippen molar-refractivity contribution in [2.24, 2.45) is 11.7 Å². The van der Waals surface area contributed by atoms with Crippen LogP contribution in [0, 0.1) is 5.92 Å². The average molecular weight is 187 g/mol. The molecule has 0 radical (unpaired) electrons. The molecule has 0 saturated carbocycles. The minimum absolute atomic E-state index is 0.132. The average Bonchev–Trinajstić information content (AvgIpc) is 2.02. The number of hydrogen-bond acceptors (Lipinski definition) is 5. The Labute approximate surface area is 76.2 Å². The van der Waals surface area contributed by atoms with E-state index in [4.69, 9.17) is 5.73 Å². The molecule has 0 aliphatic carbocycles. The van der Waals surface area contributed by atoms with E-state index in [2.05, 4.69) is 4.74 Å². The van der Waals surface area contributed by atoms with Crippen molar-refractivity contribution < 1.29 is 19.1 Å². The predicted molar refractivity (Wildman–Crippen MR) is 44.6 cm³/mol. The van der Waals surface area contributed by atoms with E-state index in [0.717, 1.165) is 6.92 Å². The Hall–Kier alpha value is -1.23. The van der Waals surface area contributed by atoms with Gasteiger partial charge in [0.1, 0.15) is 6.04 Å². The van der Waals surface area contributed by atoms with Gasteiger partial charge in [-0.3, -0.25) is 4.79 Å². The lowest BCUT2D eigenvalue weighted by atomic mass is 10.1. The summed E-state index contributed by atoms with van der Waals surface area (Å²) in [6.07, 6.45) is 0. The molecular formula is C8H13NO4. The van der Waals surface area contributed by atoms with E-state index in [1.165, 1.54) is 0 Å². The molecular weight excluding hydrogens is 174 g/mol. The van der Waals surface area contributed by atoms with Crippen LogP contribution in [0.15, 0.2) is 0 Å². The molecule has 0 aliphatic heterocycles. The minimum atomic E-state index is -1.17. The van der Waals surface area contributed by atoms with Crippen molar-refractivity contribution in [2.45, 2.75) is 26.8 Å². The highest BCUT2D eigenvalue weighted by Crippen LogP contribution is 2.00. The van der Waals surface area contributed by atoms with Gasteiger partial charge in [-0.05, 0) is 5.92 Å². The van der Waals surface area contributed by atoms with Gasteiger partial charge in [-0.25, -0.2) is 9.59 Å². The van der Waals surface area contributed by atoms with E-state index >= 15 is 0 Å². The van der Waals surface area contributed by atoms with Crippen LogP contribution in [0.2, 0.25) is 0 Å². The molecule has 0 saturated heterocycles. The van der Waals surface area contributed by atoms with E-state index < -0.39 is 23.8 Å². The van der Waals surface area contributed by atoms with Crippen molar-refractivity contribution in [2.75, 3.05) is 0 Å². The standard InChI is InChI=1S/C8H13NO4/c1-4(2)6(9)8(12)13-7(11)5(3)10/h4,6H,9H2,1-3H3/t6-/m0/s1. The first-order chi connectivity index (χ1) is 5.86. The molecule has 74 valence electrons. The molecule has 0 aromatic heterocycles. The number of carbonyl (C=O) groups excluding carboxylic acids is 3. The molecule has 0 aliphatic rings. The summed E-state index contributed by atoms with van der Waals surface area (Å²) in [5, 5.41) is 0. The molecule has 5 nitrogen and oxygen atoms in total. The van der Waals surface area contributed by atoms with Crippen LogP contribution < -0.4 is 5.73 Å². The van der Waals surface area contributed by atoms with Crippen molar-refractivity contribution in [3.63, 3.8) is 0 Å². The molecule has 0 aromatic rings. The maximum absolute atomic E-state index is 11.0. The van der Waals surface area contributed by atoms with Gasteiger partial charge in [0, 0.05) is 6.92 Å². The summed E-state index contributed by atoms with van der Waals surface area (Å²) in [4.78, 5) is 32.0. The van der Waals surface area contributed by atoms with E-state index in [-0.39, 0.29) is 5.92 Å². The summed E-state index contributed by atoms with van der Waals surface area (Å²) in [6.45, 7) is 4.45. The smallest absolute Gasteiger partial charge is 0.381 e. The number of Topliss-reactive ketones (excluding diaryl/α,β-unsaturated/α-hetero) is 1. The first-order valence-electron chi connectivity index (χ1n) is 3.88. The Bertz CT molecular complexity index is 234. The molecule has 0 amide bonds. The first kappa shape index (κ1) is 11.8. The van der Waals surface area contributed by atoms with Crippen molar-refractivity contribution in [3.05, 3.63) is 0 Å². The zero-order valence-electron chi connectivity index (χ0n) is 7.87. The maximum Gasteiger partial charge on any atom is 0.381 e. The fourth-order valence-electron chi connectivity index (χ4n) is 0.503. The monoisotopic (exact) mass is 187 g/mol. The van der Waals surface area contributed by atoms with Gasteiger partial charge in [0.05, 0.1) is 0 Å². The molecule has 0 heterocycles. The van der Waals surface area contributed by atoms with E-state index in [0.29, 0.717) is 0 Å². The van der Waals surface area contributed by atoms with Crippen molar-refractivity contribution in [3.8, 4) is 0 Å². The van der Waals surface area contributed by atoms with Gasteiger partial charge in [-0.15, -0.1) is 0 Å². The van der Waals surface area contributed by atoms with Gasteiger partial charge < -0.3 is 10.5 Å². The number of nitrogens with two attached hydrogens (primary N) is 1. The first-order valence-corrected chi connectivity index (χ1v) is 3.88. The largest absolute Gasteiger partial charge is 0.386 e. The molecule has 0 fully saturated rings. The third-order valence-corrected chi connectivity index (χ3v) is 1.47. The summed E-state index contributed by atoms with van der Waals surface area (Å²) >= 11 is 0. The van der Waals surface area contributed by atoms with Crippen LogP contribution in [0.5, 0.6) is 0 Å². The number of ether oxygens (including phenoxy) is 1. The van der Waals surface area contributed by atoms with Crippen LogP contribution in [0.3, 0.4) is 0 Å². The third-order valence-electron chi connectivity index (χ3n) is 1.47. The van der Waals surface area contributed by atoms with Gasteiger partial charge in [0.15, 0.2) is 0 Å². The van der Waals surface area contributed by atoms with Crippen molar-refractivity contribution in [1.29, 1.82) is 0 Å². The fraction of sp³-hybridized carbons (Fsp3) is 0.625. The molecule has 0 bridgehead atoms. The minimum Gasteiger partial charge on any atom is -0.386 e. The second-order valence-electron chi connectivity index (χ2n) is 3.03. The van der Waals surface area contributed by atoms with Crippen molar-refractivity contribution >= 4 is 17.7 Å². The SMILES string of the molecule is CC(=O)C(=O)OC(=O)[C@@H](N)C(C)C. The third kappa shape index (κ3) is 3.80. The lowest BCUT2D eigenvalue weighted by molar-refractivity contribution is -0.165. The fourth-order valence-corrected chi connectivity index (χ4v) is 0.503. The van der Waals surface area contributed by atoms with Gasteiger partial charge in [0.2, 0.25) is 5.78 Å². The number of carbonyl (C=O) groups is 3. The van der Waals surface area contributed by atoms with Crippen LogP contribution in [0.25, 0.3) is 0 Å². The zero-order valence-corrected chi connectivity index (χ0v) is 7.87. The highest BCUT2D eigenvalue weighted by Gasteiger charge is 2.23. The Kier molecular flexibility index (Phi) is 4.27. The van der Waals surface area contributed by atoms with Crippen LogP contribution in [0.4, 0.5) is 0 Å². The zero-order chi connectivity index (χ0) is 10.6. The van der Waals surface area contributed by atoms with Crippen LogP contribution >= 0.6 is 0 Å². The number of ketones is 1. The molecule has 13 heavy (non-hydrogen) atoms. The summed E-state index contributed by atoms with van der Waals surface area (Å²) < 4.78 is 4.18. The Morgan fingerprint density at radius 2 is 1.69 bits per heavy atom. The number of hydrogen-bond donors (Lipinski definition) is 1. The van der Waals surface area contributed by atoms with E-state index in [1.807, 2.05) is 0 Å². The highest BCUT2D eigenvalue weighted by molar-refractivity contribution is 6.34. The summed E-state index contributed by atoms with van der Waals surface area (Å²) in [6, 6.07) is -0.872. The van der Waals surface area contributed by atoms with E-state index in [1.54, 1.807) is 13.8 Å². The molecule has 0 spiro atoms. The second kappa shape index (κ2) is 4.71. The van der Waals surface area contributed by atoms with Gasteiger partial charge in [-0.1, -0.05) is 13.8 Å². The number of esters is 2. The second-order valence-corrected chi connectivity index (χ2v) is 3.03. The van der Waals surface area contributed by atoms with Gasteiger partial charge in [-0.2, -0.15) is 0 Å². The summed E-state index contributed by atoms with van der Waals surface area (Å²) in [5.41, 5.74) is 5.37. The van der Waals surface area contributed by atoms with Gasteiger partial charge in [0.25, 0.3) is 0 Å². The normalized spacial score (nSPS) is 12.4. The Morgan fingerprint density at radius 1 is 1.23 bits per heavy atom. The highest BCUT2D eigenvalue weighted by atomic mass is 16.6. The summed E-state index contributed by atoms with van der Waals surface area (Å²) in [7, 11) is 0. The Morgan fingerprint density at radius 3 is 2.00 bits per heavy atom. The number of rotatable bonds is 3. The molecule has 0 unspecified atom stereocenters. The molecule has 0 rings (SSSR count). The summed E-state index contributed by atoms with van der Waals surface area (Å²) in [5.74, 6) is -2.98. The molecule has 5 heteroatoms. The van der Waals surface area contributed by atoms with Crippen LogP contribution in [0.1, 0.15) is 20.8 Å². The lowest BCUT2D eigenvalue weighted by Gasteiger charge is -2.12. The molecule has 1 atom stereocenters. The predicted octanol–water partition coefficient (Wildman–Crippen LogP) is -0.372. The Balaban J connectivity index is 4.16. The molecule has 2 N–H and O–H groups in total. The maximum atomic E-state index is 11.0. The topological polar surface area (TPSA) is 86.5 Å².